The maximum atomic E-state index is 6.07. The zero-order valence-corrected chi connectivity index (χ0v) is 13.6. The van der Waals surface area contributed by atoms with Crippen LogP contribution >= 0.6 is 15.9 Å². The second kappa shape index (κ2) is 6.04. The number of hydrogen-bond acceptors (Lipinski definition) is 3. The van der Waals surface area contributed by atoms with E-state index in [4.69, 9.17) is 10.5 Å². The van der Waals surface area contributed by atoms with Gasteiger partial charge in [-0.15, -0.1) is 0 Å². The van der Waals surface area contributed by atoms with Crippen molar-refractivity contribution < 1.29 is 4.74 Å². The molecular weight excluding hydrogens is 316 g/mol. The SMILES string of the molecule is CC(N)C1CCCN(CC2Cc3cc(Br)ccc3O2)C1. The van der Waals surface area contributed by atoms with Crippen molar-refractivity contribution in [3.63, 3.8) is 0 Å². The molecule has 0 amide bonds. The molecule has 3 nitrogen and oxygen atoms in total. The van der Waals surface area contributed by atoms with E-state index in [2.05, 4.69) is 39.9 Å². The highest BCUT2D eigenvalue weighted by molar-refractivity contribution is 9.10. The highest BCUT2D eigenvalue weighted by Gasteiger charge is 2.28. The number of hydrogen-bond donors (Lipinski definition) is 1. The summed E-state index contributed by atoms with van der Waals surface area (Å²) in [7, 11) is 0. The van der Waals surface area contributed by atoms with Crippen molar-refractivity contribution in [3.8, 4) is 5.75 Å². The Kier molecular flexibility index (Phi) is 4.34. The van der Waals surface area contributed by atoms with E-state index in [1.807, 2.05) is 6.07 Å². The number of fused-ring (bicyclic) bond motifs is 1. The predicted octanol–water partition coefficient (Wildman–Crippen LogP) is 2.81. The minimum Gasteiger partial charge on any atom is -0.488 e. The second-order valence-corrected chi connectivity index (χ2v) is 7.13. The van der Waals surface area contributed by atoms with Crippen molar-refractivity contribution in [1.82, 2.24) is 4.90 Å². The molecule has 0 radical (unpaired) electrons. The molecule has 2 heterocycles. The second-order valence-electron chi connectivity index (χ2n) is 6.22. The molecule has 1 saturated heterocycles. The Balaban J connectivity index is 1.57. The molecule has 0 bridgehead atoms. The number of nitrogens with zero attached hydrogens (tertiary/aromatic N) is 1. The molecule has 3 unspecified atom stereocenters. The van der Waals surface area contributed by atoms with Gasteiger partial charge in [-0.3, -0.25) is 4.90 Å². The molecule has 1 aromatic carbocycles. The van der Waals surface area contributed by atoms with Gasteiger partial charge in [-0.1, -0.05) is 15.9 Å². The van der Waals surface area contributed by atoms with Gasteiger partial charge in [0.15, 0.2) is 0 Å². The van der Waals surface area contributed by atoms with Gasteiger partial charge in [-0.25, -0.2) is 0 Å². The summed E-state index contributed by atoms with van der Waals surface area (Å²) in [5, 5.41) is 0. The Bertz CT molecular complexity index is 478. The topological polar surface area (TPSA) is 38.5 Å². The van der Waals surface area contributed by atoms with Crippen LogP contribution in [0, 0.1) is 5.92 Å². The summed E-state index contributed by atoms with van der Waals surface area (Å²) in [5.74, 6) is 1.70. The zero-order chi connectivity index (χ0) is 14.1. The summed E-state index contributed by atoms with van der Waals surface area (Å²) in [6.45, 7) is 5.46. The summed E-state index contributed by atoms with van der Waals surface area (Å²) in [6, 6.07) is 6.60. The van der Waals surface area contributed by atoms with Crippen LogP contribution in [0.3, 0.4) is 0 Å². The highest BCUT2D eigenvalue weighted by Crippen LogP contribution is 2.32. The minimum absolute atomic E-state index is 0.297. The lowest BCUT2D eigenvalue weighted by Gasteiger charge is -2.35. The third-order valence-corrected chi connectivity index (χ3v) is 5.00. The largest absolute Gasteiger partial charge is 0.488 e. The van der Waals surface area contributed by atoms with Crippen LogP contribution in [-0.4, -0.2) is 36.7 Å². The van der Waals surface area contributed by atoms with E-state index < -0.39 is 0 Å². The van der Waals surface area contributed by atoms with E-state index in [9.17, 15) is 0 Å². The van der Waals surface area contributed by atoms with Crippen LogP contribution in [0.2, 0.25) is 0 Å². The van der Waals surface area contributed by atoms with Crippen LogP contribution in [0.15, 0.2) is 22.7 Å². The zero-order valence-electron chi connectivity index (χ0n) is 12.0. The van der Waals surface area contributed by atoms with Crippen LogP contribution in [0.1, 0.15) is 25.3 Å². The lowest BCUT2D eigenvalue weighted by atomic mass is 9.92. The van der Waals surface area contributed by atoms with E-state index in [-0.39, 0.29) is 0 Å². The number of halogens is 1. The van der Waals surface area contributed by atoms with Crippen molar-refractivity contribution >= 4 is 15.9 Å². The van der Waals surface area contributed by atoms with Gasteiger partial charge >= 0.3 is 0 Å². The summed E-state index contributed by atoms with van der Waals surface area (Å²) in [4.78, 5) is 2.53. The molecule has 0 aromatic heterocycles. The van der Waals surface area contributed by atoms with Gasteiger partial charge in [0.25, 0.3) is 0 Å². The van der Waals surface area contributed by atoms with Crippen LogP contribution in [0.5, 0.6) is 5.75 Å². The van der Waals surface area contributed by atoms with Crippen molar-refractivity contribution in [2.45, 2.75) is 38.3 Å². The number of piperidine rings is 1. The molecule has 0 spiro atoms. The summed E-state index contributed by atoms with van der Waals surface area (Å²) < 4.78 is 7.20. The summed E-state index contributed by atoms with van der Waals surface area (Å²) >= 11 is 3.53. The third-order valence-electron chi connectivity index (χ3n) is 4.51. The molecule has 2 aliphatic rings. The summed E-state index contributed by atoms with van der Waals surface area (Å²) in [5.41, 5.74) is 7.38. The molecule has 0 aliphatic carbocycles. The molecule has 3 atom stereocenters. The Labute approximate surface area is 129 Å². The Morgan fingerprint density at radius 2 is 2.35 bits per heavy atom. The monoisotopic (exact) mass is 338 g/mol. The van der Waals surface area contributed by atoms with Crippen molar-refractivity contribution in [1.29, 1.82) is 0 Å². The molecule has 3 rings (SSSR count). The van der Waals surface area contributed by atoms with Crippen LogP contribution in [0.25, 0.3) is 0 Å². The van der Waals surface area contributed by atoms with Gasteiger partial charge in [0, 0.05) is 30.0 Å². The standard InChI is InChI=1S/C16H23BrN2O/c1-11(18)12-3-2-6-19(9-12)10-15-8-13-7-14(17)4-5-16(13)20-15/h4-5,7,11-12,15H,2-3,6,8-10,18H2,1H3. The van der Waals surface area contributed by atoms with E-state index in [0.717, 1.165) is 29.7 Å². The molecule has 1 fully saturated rings. The van der Waals surface area contributed by atoms with E-state index in [0.29, 0.717) is 18.1 Å². The third kappa shape index (κ3) is 3.18. The van der Waals surface area contributed by atoms with Crippen LogP contribution in [0.4, 0.5) is 0 Å². The molecule has 20 heavy (non-hydrogen) atoms. The summed E-state index contributed by atoms with van der Waals surface area (Å²) in [6.07, 6.45) is 3.85. The highest BCUT2D eigenvalue weighted by atomic mass is 79.9. The van der Waals surface area contributed by atoms with E-state index >= 15 is 0 Å². The average Bonchev–Trinajstić information content (AvgIpc) is 2.80. The van der Waals surface area contributed by atoms with Crippen LogP contribution in [-0.2, 0) is 6.42 Å². The first-order valence-corrected chi connectivity index (χ1v) is 8.34. The number of benzene rings is 1. The van der Waals surface area contributed by atoms with Gasteiger partial charge in [-0.05, 0) is 56.0 Å². The van der Waals surface area contributed by atoms with Gasteiger partial charge in [0.2, 0.25) is 0 Å². The Morgan fingerprint density at radius 1 is 1.50 bits per heavy atom. The lowest BCUT2D eigenvalue weighted by molar-refractivity contribution is 0.104. The van der Waals surface area contributed by atoms with Gasteiger partial charge < -0.3 is 10.5 Å². The quantitative estimate of drug-likeness (QED) is 0.920. The molecule has 110 valence electrons. The fourth-order valence-corrected chi connectivity index (χ4v) is 3.77. The maximum absolute atomic E-state index is 6.07. The fraction of sp³-hybridized carbons (Fsp3) is 0.625. The molecule has 1 aromatic rings. The van der Waals surface area contributed by atoms with Crippen molar-refractivity contribution in [2.75, 3.05) is 19.6 Å². The minimum atomic E-state index is 0.297. The van der Waals surface area contributed by atoms with Gasteiger partial charge in [-0.2, -0.15) is 0 Å². The number of likely N-dealkylation sites (tertiary alicyclic amines) is 1. The molecule has 2 aliphatic heterocycles. The molecule has 0 saturated carbocycles. The first-order chi connectivity index (χ1) is 9.61. The Morgan fingerprint density at radius 3 is 3.15 bits per heavy atom. The van der Waals surface area contributed by atoms with Crippen LogP contribution < -0.4 is 10.5 Å². The average molecular weight is 339 g/mol. The maximum Gasteiger partial charge on any atom is 0.123 e. The smallest absolute Gasteiger partial charge is 0.123 e. The van der Waals surface area contributed by atoms with E-state index in [1.54, 1.807) is 0 Å². The first-order valence-electron chi connectivity index (χ1n) is 7.55. The normalized spacial score (nSPS) is 27.9. The number of nitrogens with two attached hydrogens (primary N) is 1. The first kappa shape index (κ1) is 14.4. The molecule has 4 heteroatoms. The molecule has 2 N–H and O–H groups in total. The van der Waals surface area contributed by atoms with Gasteiger partial charge in [0.05, 0.1) is 0 Å². The predicted molar refractivity (Wildman–Crippen MR) is 85.1 cm³/mol. The van der Waals surface area contributed by atoms with Crippen molar-refractivity contribution in [2.24, 2.45) is 11.7 Å². The fourth-order valence-electron chi connectivity index (χ4n) is 3.37. The Hall–Kier alpha value is -0.580. The van der Waals surface area contributed by atoms with Crippen molar-refractivity contribution in [3.05, 3.63) is 28.2 Å². The number of ether oxygens (including phenoxy) is 1. The molecular formula is C16H23BrN2O. The van der Waals surface area contributed by atoms with Gasteiger partial charge in [0.1, 0.15) is 11.9 Å². The lowest BCUT2D eigenvalue weighted by Crippen LogP contribution is -2.45. The van der Waals surface area contributed by atoms with E-state index in [1.165, 1.54) is 24.9 Å². The number of rotatable bonds is 3.